The predicted octanol–water partition coefficient (Wildman–Crippen LogP) is 3.00. The van der Waals surface area contributed by atoms with Crippen molar-refractivity contribution >= 4 is 11.6 Å². The summed E-state index contributed by atoms with van der Waals surface area (Å²) in [6.45, 7) is 4.16. The fourth-order valence-corrected chi connectivity index (χ4v) is 3.22. The lowest BCUT2D eigenvalue weighted by Gasteiger charge is -2.14. The Bertz CT molecular complexity index is 1240. The molecule has 0 unspecified atom stereocenters. The van der Waals surface area contributed by atoms with E-state index in [4.69, 9.17) is 16.3 Å². The first-order valence-electron chi connectivity index (χ1n) is 8.96. The Balaban J connectivity index is 1.61. The summed E-state index contributed by atoms with van der Waals surface area (Å²) in [5.41, 5.74) is 4.01. The summed E-state index contributed by atoms with van der Waals surface area (Å²) in [5.74, 6) is 0.542. The van der Waals surface area contributed by atoms with Crippen molar-refractivity contribution in [2.75, 3.05) is 0 Å². The summed E-state index contributed by atoms with van der Waals surface area (Å²) < 4.78 is 10.2. The minimum absolute atomic E-state index is 0.227. The molecule has 0 fully saturated rings. The Kier molecular flexibility index (Phi) is 4.94. The summed E-state index contributed by atoms with van der Waals surface area (Å²) >= 11 is 6.43. The van der Waals surface area contributed by atoms with Crippen LogP contribution in [0, 0.1) is 13.8 Å². The number of ether oxygens (including phenoxy) is 1. The Morgan fingerprint density at radius 1 is 1.14 bits per heavy atom. The summed E-state index contributed by atoms with van der Waals surface area (Å²) in [5, 5.41) is 12.5. The summed E-state index contributed by atoms with van der Waals surface area (Å²) in [4.78, 5) is 12.3. The van der Waals surface area contributed by atoms with Crippen molar-refractivity contribution in [3.63, 3.8) is 0 Å². The molecular formula is C20H19ClN6O2. The molecule has 2 aromatic heterocycles. The molecule has 0 N–H and O–H groups in total. The zero-order valence-corrected chi connectivity index (χ0v) is 17.0. The van der Waals surface area contributed by atoms with Gasteiger partial charge < -0.3 is 4.74 Å². The van der Waals surface area contributed by atoms with E-state index in [9.17, 15) is 4.79 Å². The molecule has 2 aromatic carbocycles. The molecular weight excluding hydrogens is 392 g/mol. The lowest BCUT2D eigenvalue weighted by molar-refractivity contribution is 0.305. The van der Waals surface area contributed by atoms with Gasteiger partial charge in [-0.3, -0.25) is 0 Å². The highest BCUT2D eigenvalue weighted by atomic mass is 35.5. The number of aromatic nitrogens is 6. The minimum Gasteiger partial charge on any atom is -0.487 e. The third kappa shape index (κ3) is 3.66. The number of rotatable bonds is 5. The standard InChI is InChI=1S/C20H19ClN6O2/c1-13-10-22-26(11-13)15-7-8-19(17(21)9-15)29-12-16-14(2)5-4-6-18(16)27-20(28)25(3)23-24-27/h4-11H,12H2,1-3H3. The molecule has 4 rings (SSSR count). The number of nitrogens with zero attached hydrogens (tertiary/aromatic N) is 6. The number of aryl methyl sites for hydroxylation is 3. The molecule has 148 valence electrons. The van der Waals surface area contributed by atoms with Crippen LogP contribution in [0.5, 0.6) is 5.75 Å². The number of hydrogen-bond donors (Lipinski definition) is 0. The van der Waals surface area contributed by atoms with Crippen molar-refractivity contribution in [2.45, 2.75) is 20.5 Å². The minimum atomic E-state index is -0.325. The highest BCUT2D eigenvalue weighted by Crippen LogP contribution is 2.29. The van der Waals surface area contributed by atoms with Crippen LogP contribution in [0.3, 0.4) is 0 Å². The van der Waals surface area contributed by atoms with Gasteiger partial charge in [0.2, 0.25) is 0 Å². The second-order valence-corrected chi connectivity index (χ2v) is 7.14. The van der Waals surface area contributed by atoms with E-state index in [2.05, 4.69) is 15.5 Å². The van der Waals surface area contributed by atoms with E-state index >= 15 is 0 Å². The van der Waals surface area contributed by atoms with Gasteiger partial charge in [0.15, 0.2) is 0 Å². The van der Waals surface area contributed by atoms with E-state index in [-0.39, 0.29) is 12.3 Å². The quantitative estimate of drug-likeness (QED) is 0.505. The van der Waals surface area contributed by atoms with Crippen molar-refractivity contribution in [3.05, 3.63) is 81.0 Å². The Labute approximate surface area is 171 Å². The molecule has 0 aliphatic heterocycles. The molecule has 0 aliphatic rings. The molecule has 4 aromatic rings. The molecule has 0 saturated carbocycles. The highest BCUT2D eigenvalue weighted by molar-refractivity contribution is 6.32. The van der Waals surface area contributed by atoms with E-state index in [1.807, 2.05) is 44.3 Å². The van der Waals surface area contributed by atoms with Crippen LogP contribution in [0.4, 0.5) is 0 Å². The molecule has 0 atom stereocenters. The average molecular weight is 411 g/mol. The normalized spacial score (nSPS) is 11.0. The molecule has 0 amide bonds. The lowest BCUT2D eigenvalue weighted by Crippen LogP contribution is -2.23. The van der Waals surface area contributed by atoms with E-state index < -0.39 is 0 Å². The van der Waals surface area contributed by atoms with Crippen LogP contribution < -0.4 is 10.4 Å². The van der Waals surface area contributed by atoms with Crippen LogP contribution in [-0.2, 0) is 13.7 Å². The van der Waals surface area contributed by atoms with Gasteiger partial charge in [-0.2, -0.15) is 14.5 Å². The van der Waals surface area contributed by atoms with E-state index in [0.717, 1.165) is 22.4 Å². The van der Waals surface area contributed by atoms with Crippen LogP contribution in [0.2, 0.25) is 5.02 Å². The maximum atomic E-state index is 12.3. The first-order valence-corrected chi connectivity index (χ1v) is 9.33. The SMILES string of the molecule is Cc1cnn(-c2ccc(OCc3c(C)cccc3-n3nnn(C)c3=O)c(Cl)c2)c1. The molecule has 0 saturated heterocycles. The number of halogens is 1. The van der Waals surface area contributed by atoms with Gasteiger partial charge in [-0.15, -0.1) is 0 Å². The zero-order valence-electron chi connectivity index (χ0n) is 16.2. The predicted molar refractivity (Wildman–Crippen MR) is 109 cm³/mol. The molecule has 9 heteroatoms. The van der Waals surface area contributed by atoms with Crippen molar-refractivity contribution in [1.29, 1.82) is 0 Å². The maximum absolute atomic E-state index is 12.3. The smallest absolute Gasteiger partial charge is 0.368 e. The van der Waals surface area contributed by atoms with Crippen molar-refractivity contribution in [3.8, 4) is 17.1 Å². The first kappa shape index (κ1) is 18.9. The molecule has 0 spiro atoms. The lowest BCUT2D eigenvalue weighted by atomic mass is 10.1. The third-order valence-electron chi connectivity index (χ3n) is 4.60. The van der Waals surface area contributed by atoms with Crippen molar-refractivity contribution in [2.24, 2.45) is 7.05 Å². The van der Waals surface area contributed by atoms with Gasteiger partial charge in [0.1, 0.15) is 12.4 Å². The largest absolute Gasteiger partial charge is 0.487 e. The Morgan fingerprint density at radius 3 is 2.62 bits per heavy atom. The summed E-state index contributed by atoms with van der Waals surface area (Å²) in [6.07, 6.45) is 3.71. The van der Waals surface area contributed by atoms with Crippen LogP contribution >= 0.6 is 11.6 Å². The number of benzene rings is 2. The van der Waals surface area contributed by atoms with Gasteiger partial charge in [0.05, 0.1) is 22.6 Å². The third-order valence-corrected chi connectivity index (χ3v) is 4.89. The van der Waals surface area contributed by atoms with Crippen LogP contribution in [0.25, 0.3) is 11.4 Å². The maximum Gasteiger partial charge on any atom is 0.368 e. The van der Waals surface area contributed by atoms with E-state index in [1.165, 1.54) is 9.36 Å². The number of hydrogen-bond acceptors (Lipinski definition) is 5. The van der Waals surface area contributed by atoms with Crippen molar-refractivity contribution < 1.29 is 4.74 Å². The van der Waals surface area contributed by atoms with Crippen molar-refractivity contribution in [1.82, 2.24) is 29.6 Å². The molecule has 0 aliphatic carbocycles. The fraction of sp³-hybridized carbons (Fsp3) is 0.200. The Hall–Kier alpha value is -3.39. The van der Waals surface area contributed by atoms with Crippen LogP contribution in [-0.4, -0.2) is 29.6 Å². The summed E-state index contributed by atoms with van der Waals surface area (Å²) in [6, 6.07) is 11.1. The molecule has 29 heavy (non-hydrogen) atoms. The Morgan fingerprint density at radius 2 is 1.97 bits per heavy atom. The topological polar surface area (TPSA) is 79.8 Å². The van der Waals surface area contributed by atoms with Gasteiger partial charge >= 0.3 is 5.69 Å². The molecule has 2 heterocycles. The summed E-state index contributed by atoms with van der Waals surface area (Å²) in [7, 11) is 1.56. The zero-order chi connectivity index (χ0) is 20.5. The van der Waals surface area contributed by atoms with Gasteiger partial charge in [-0.25, -0.2) is 9.48 Å². The highest BCUT2D eigenvalue weighted by Gasteiger charge is 2.14. The van der Waals surface area contributed by atoms with Crippen LogP contribution in [0.15, 0.2) is 53.6 Å². The monoisotopic (exact) mass is 410 g/mol. The fourth-order valence-electron chi connectivity index (χ4n) is 2.99. The van der Waals surface area contributed by atoms with E-state index in [1.54, 1.807) is 30.1 Å². The van der Waals surface area contributed by atoms with Gasteiger partial charge in [0, 0.05) is 18.8 Å². The second kappa shape index (κ2) is 7.56. The van der Waals surface area contributed by atoms with Crippen LogP contribution in [0.1, 0.15) is 16.7 Å². The van der Waals surface area contributed by atoms with E-state index in [0.29, 0.717) is 16.5 Å². The molecule has 0 radical (unpaired) electrons. The molecule has 0 bridgehead atoms. The van der Waals surface area contributed by atoms with Gasteiger partial charge in [-0.05, 0) is 59.7 Å². The van der Waals surface area contributed by atoms with Gasteiger partial charge in [-0.1, -0.05) is 23.7 Å². The second-order valence-electron chi connectivity index (χ2n) is 6.74. The van der Waals surface area contributed by atoms with Gasteiger partial charge in [0.25, 0.3) is 0 Å². The first-order chi connectivity index (χ1) is 13.9. The number of tetrazole rings is 1. The molecule has 8 nitrogen and oxygen atoms in total. The average Bonchev–Trinajstić information content (AvgIpc) is 3.27.